The molecule has 0 saturated heterocycles. The van der Waals surface area contributed by atoms with Crippen LogP contribution in [-0.4, -0.2) is 39.4 Å². The van der Waals surface area contributed by atoms with E-state index in [-0.39, 0.29) is 28.8 Å². The molecule has 1 aromatic carbocycles. The van der Waals surface area contributed by atoms with Crippen LogP contribution >= 0.6 is 11.6 Å². The van der Waals surface area contributed by atoms with Gasteiger partial charge in [-0.2, -0.15) is 0 Å². The number of carbonyl (C=O) groups is 1. The molecule has 0 atom stereocenters. The molecular weight excluding hydrogens is 312 g/mol. The van der Waals surface area contributed by atoms with Crippen molar-refractivity contribution in [1.29, 1.82) is 0 Å². The van der Waals surface area contributed by atoms with Crippen LogP contribution in [0.1, 0.15) is 26.2 Å². The molecule has 1 aromatic rings. The minimum atomic E-state index is -3.68. The molecule has 7 heteroatoms. The van der Waals surface area contributed by atoms with Gasteiger partial charge >= 0.3 is 0 Å². The van der Waals surface area contributed by atoms with Gasteiger partial charge in [-0.25, -0.2) is 13.1 Å². The Balaban J connectivity index is 2.52. The lowest BCUT2D eigenvalue weighted by Gasteiger charge is -2.16. The molecule has 1 N–H and O–H groups in total. The molecular formula is C14H21ClN2O3S. The van der Waals surface area contributed by atoms with E-state index in [2.05, 4.69) is 11.6 Å². The lowest BCUT2D eigenvalue weighted by atomic mass is 10.3. The summed E-state index contributed by atoms with van der Waals surface area (Å²) >= 11 is 5.86. The maximum atomic E-state index is 12.1. The lowest BCUT2D eigenvalue weighted by molar-refractivity contribution is -0.129. The Labute approximate surface area is 131 Å². The number of hydrogen-bond acceptors (Lipinski definition) is 3. The van der Waals surface area contributed by atoms with Crippen molar-refractivity contribution in [2.45, 2.75) is 31.1 Å². The molecule has 0 saturated carbocycles. The van der Waals surface area contributed by atoms with E-state index >= 15 is 0 Å². The zero-order valence-electron chi connectivity index (χ0n) is 12.3. The van der Waals surface area contributed by atoms with Crippen LogP contribution in [0.15, 0.2) is 29.2 Å². The SMILES string of the molecule is CCCCN(C)C(=O)CCNS(=O)(=O)c1ccccc1Cl. The first-order valence-electron chi connectivity index (χ1n) is 6.86. The molecule has 5 nitrogen and oxygen atoms in total. The fraction of sp³-hybridized carbons (Fsp3) is 0.500. The first-order chi connectivity index (χ1) is 9.88. The summed E-state index contributed by atoms with van der Waals surface area (Å²) in [7, 11) is -1.96. The first kappa shape index (κ1) is 17.9. The maximum Gasteiger partial charge on any atom is 0.242 e. The highest BCUT2D eigenvalue weighted by Crippen LogP contribution is 2.19. The van der Waals surface area contributed by atoms with E-state index < -0.39 is 10.0 Å². The normalized spacial score (nSPS) is 11.4. The third kappa shape index (κ3) is 5.65. The minimum absolute atomic E-state index is 0.0263. The van der Waals surface area contributed by atoms with E-state index in [1.807, 2.05) is 0 Å². The highest BCUT2D eigenvalue weighted by molar-refractivity contribution is 7.89. The number of rotatable bonds is 8. The molecule has 0 aliphatic carbocycles. The van der Waals surface area contributed by atoms with E-state index in [1.54, 1.807) is 24.1 Å². The van der Waals surface area contributed by atoms with Crippen molar-refractivity contribution in [3.8, 4) is 0 Å². The van der Waals surface area contributed by atoms with Crippen molar-refractivity contribution < 1.29 is 13.2 Å². The highest BCUT2D eigenvalue weighted by Gasteiger charge is 2.17. The topological polar surface area (TPSA) is 66.5 Å². The summed E-state index contributed by atoms with van der Waals surface area (Å²) in [5.41, 5.74) is 0. The predicted molar refractivity (Wildman–Crippen MR) is 83.8 cm³/mol. The predicted octanol–water partition coefficient (Wildman–Crippen LogP) is 2.27. The van der Waals surface area contributed by atoms with Gasteiger partial charge < -0.3 is 4.90 Å². The minimum Gasteiger partial charge on any atom is -0.346 e. The van der Waals surface area contributed by atoms with Crippen molar-refractivity contribution in [2.24, 2.45) is 0 Å². The second-order valence-electron chi connectivity index (χ2n) is 4.75. The number of nitrogens with zero attached hydrogens (tertiary/aromatic N) is 1. The van der Waals surface area contributed by atoms with Crippen LogP contribution in [0.3, 0.4) is 0 Å². The number of sulfonamides is 1. The standard InChI is InChI=1S/C14H21ClN2O3S/c1-3-4-11-17(2)14(18)9-10-16-21(19,20)13-8-6-5-7-12(13)15/h5-8,16H,3-4,9-11H2,1-2H3. The fourth-order valence-electron chi connectivity index (χ4n) is 1.74. The fourth-order valence-corrected chi connectivity index (χ4v) is 3.29. The van der Waals surface area contributed by atoms with Gasteiger partial charge in [-0.3, -0.25) is 4.79 Å². The van der Waals surface area contributed by atoms with Crippen LogP contribution in [0.2, 0.25) is 5.02 Å². The molecule has 0 bridgehead atoms. The number of nitrogens with one attached hydrogen (secondary N) is 1. The summed E-state index contributed by atoms with van der Waals surface area (Å²) in [4.78, 5) is 13.4. The summed E-state index contributed by atoms with van der Waals surface area (Å²) in [5, 5.41) is 0.163. The Kier molecular flexibility index (Phi) is 7.14. The van der Waals surface area contributed by atoms with Gasteiger partial charge in [0, 0.05) is 26.6 Å². The zero-order valence-corrected chi connectivity index (χ0v) is 13.9. The van der Waals surface area contributed by atoms with Crippen molar-refractivity contribution in [3.63, 3.8) is 0 Å². The van der Waals surface area contributed by atoms with Gasteiger partial charge in [0.15, 0.2) is 0 Å². The molecule has 1 rings (SSSR count). The first-order valence-corrected chi connectivity index (χ1v) is 8.72. The Bertz CT molecular complexity index is 575. The smallest absolute Gasteiger partial charge is 0.242 e. The Morgan fingerprint density at radius 3 is 2.62 bits per heavy atom. The number of benzene rings is 1. The third-order valence-corrected chi connectivity index (χ3v) is 4.99. The molecule has 0 spiro atoms. The molecule has 0 aliphatic heterocycles. The van der Waals surface area contributed by atoms with Crippen LogP contribution in [-0.2, 0) is 14.8 Å². The van der Waals surface area contributed by atoms with Crippen LogP contribution in [0.5, 0.6) is 0 Å². The number of amides is 1. The van der Waals surface area contributed by atoms with E-state index in [0.717, 1.165) is 12.8 Å². The van der Waals surface area contributed by atoms with Gasteiger partial charge in [-0.1, -0.05) is 37.1 Å². The quantitative estimate of drug-likeness (QED) is 0.794. The molecule has 0 radical (unpaired) electrons. The Hall–Kier alpha value is -1.11. The molecule has 0 aliphatic rings. The number of halogens is 1. The summed E-state index contributed by atoms with van der Waals surface area (Å²) in [6.45, 7) is 2.80. The van der Waals surface area contributed by atoms with Gasteiger partial charge in [0.05, 0.1) is 5.02 Å². The van der Waals surface area contributed by atoms with E-state index in [1.165, 1.54) is 12.1 Å². The molecule has 0 aromatic heterocycles. The zero-order chi connectivity index (χ0) is 15.9. The van der Waals surface area contributed by atoms with E-state index in [9.17, 15) is 13.2 Å². The molecule has 0 fully saturated rings. The van der Waals surface area contributed by atoms with Gasteiger partial charge in [-0.05, 0) is 18.6 Å². The average Bonchev–Trinajstić information content (AvgIpc) is 2.44. The Morgan fingerprint density at radius 1 is 1.33 bits per heavy atom. The largest absolute Gasteiger partial charge is 0.346 e. The number of unbranched alkanes of at least 4 members (excludes halogenated alkanes) is 1. The average molecular weight is 333 g/mol. The molecule has 0 heterocycles. The van der Waals surface area contributed by atoms with Crippen LogP contribution in [0.4, 0.5) is 0 Å². The summed E-state index contributed by atoms with van der Waals surface area (Å²) in [6, 6.07) is 6.21. The third-order valence-electron chi connectivity index (χ3n) is 3.03. The summed E-state index contributed by atoms with van der Waals surface area (Å²) < 4.78 is 26.5. The van der Waals surface area contributed by atoms with Gasteiger partial charge in [0.25, 0.3) is 0 Å². The molecule has 0 unspecified atom stereocenters. The van der Waals surface area contributed by atoms with Crippen LogP contribution < -0.4 is 4.72 Å². The summed E-state index contributed by atoms with van der Waals surface area (Å²) in [5.74, 6) is -0.0784. The second kappa shape index (κ2) is 8.36. The van der Waals surface area contributed by atoms with E-state index in [0.29, 0.717) is 6.54 Å². The van der Waals surface area contributed by atoms with Gasteiger partial charge in [-0.15, -0.1) is 0 Å². The van der Waals surface area contributed by atoms with E-state index in [4.69, 9.17) is 11.6 Å². The Morgan fingerprint density at radius 2 is 2.00 bits per heavy atom. The van der Waals surface area contributed by atoms with Gasteiger partial charge in [0.1, 0.15) is 4.90 Å². The van der Waals surface area contributed by atoms with Crippen LogP contribution in [0, 0.1) is 0 Å². The van der Waals surface area contributed by atoms with Crippen molar-refractivity contribution in [3.05, 3.63) is 29.3 Å². The summed E-state index contributed by atoms with van der Waals surface area (Å²) in [6.07, 6.45) is 2.08. The number of carbonyl (C=O) groups excluding carboxylic acids is 1. The maximum absolute atomic E-state index is 12.1. The number of hydrogen-bond donors (Lipinski definition) is 1. The van der Waals surface area contributed by atoms with Crippen molar-refractivity contribution in [2.75, 3.05) is 20.1 Å². The monoisotopic (exact) mass is 332 g/mol. The van der Waals surface area contributed by atoms with Crippen LogP contribution in [0.25, 0.3) is 0 Å². The van der Waals surface area contributed by atoms with Gasteiger partial charge in [0.2, 0.25) is 15.9 Å². The lowest BCUT2D eigenvalue weighted by Crippen LogP contribution is -2.32. The molecule has 21 heavy (non-hydrogen) atoms. The second-order valence-corrected chi connectivity index (χ2v) is 6.89. The molecule has 118 valence electrons. The van der Waals surface area contributed by atoms with Crippen molar-refractivity contribution in [1.82, 2.24) is 9.62 Å². The highest BCUT2D eigenvalue weighted by atomic mass is 35.5. The molecule has 1 amide bonds. The van der Waals surface area contributed by atoms with Crippen molar-refractivity contribution >= 4 is 27.5 Å².